The van der Waals surface area contributed by atoms with E-state index in [0.29, 0.717) is 0 Å². The van der Waals surface area contributed by atoms with Gasteiger partial charge in [0.25, 0.3) is 0 Å². The minimum Gasteiger partial charge on any atom is -0.480 e. The summed E-state index contributed by atoms with van der Waals surface area (Å²) in [6.45, 7) is 1.33. The lowest BCUT2D eigenvalue weighted by molar-refractivity contribution is -0.142. The van der Waals surface area contributed by atoms with Crippen molar-refractivity contribution in [3.63, 3.8) is 0 Å². The number of benzene rings is 1. The zero-order valence-electron chi connectivity index (χ0n) is 11.4. The molecule has 0 fully saturated rings. The summed E-state index contributed by atoms with van der Waals surface area (Å²) >= 11 is 5.95. The number of rotatable bonds is 5. The number of nitrogens with one attached hydrogen (secondary N) is 1. The number of halogens is 2. The van der Waals surface area contributed by atoms with Gasteiger partial charge in [-0.15, -0.1) is 0 Å². The van der Waals surface area contributed by atoms with Gasteiger partial charge < -0.3 is 10.4 Å². The van der Waals surface area contributed by atoms with E-state index >= 15 is 0 Å². The molecule has 0 spiro atoms. The topological polar surface area (TPSA) is 69.6 Å². The van der Waals surface area contributed by atoms with E-state index in [0.717, 1.165) is 0 Å². The molecule has 7 heteroatoms. The largest absolute Gasteiger partial charge is 0.480 e. The van der Waals surface area contributed by atoms with Crippen molar-refractivity contribution >= 4 is 23.5 Å². The summed E-state index contributed by atoms with van der Waals surface area (Å²) in [5, 5.41) is 11.2. The summed E-state index contributed by atoms with van der Waals surface area (Å²) in [4.78, 5) is 24.4. The fourth-order valence-electron chi connectivity index (χ4n) is 1.75. The second-order valence-corrected chi connectivity index (χ2v) is 4.98. The van der Waals surface area contributed by atoms with E-state index in [1.807, 2.05) is 0 Å². The average Bonchev–Trinajstić information content (AvgIpc) is 2.32. The van der Waals surface area contributed by atoms with Crippen LogP contribution in [0.5, 0.6) is 0 Å². The summed E-state index contributed by atoms with van der Waals surface area (Å²) in [6.07, 6.45) is 0. The summed E-state index contributed by atoms with van der Waals surface area (Å²) in [6, 6.07) is 2.03. The Morgan fingerprint density at radius 1 is 1.40 bits per heavy atom. The number of hydrogen-bond acceptors (Lipinski definition) is 3. The molecule has 1 rings (SSSR count). The number of hydrogen-bond donors (Lipinski definition) is 2. The van der Waals surface area contributed by atoms with Crippen LogP contribution in [0.3, 0.4) is 0 Å². The summed E-state index contributed by atoms with van der Waals surface area (Å²) in [5.74, 6) is -2.42. The number of carboxylic acid groups (broad SMARTS) is 1. The molecule has 0 aliphatic rings. The van der Waals surface area contributed by atoms with Crippen molar-refractivity contribution in [1.82, 2.24) is 10.2 Å². The van der Waals surface area contributed by atoms with Crippen molar-refractivity contribution in [1.29, 1.82) is 0 Å². The molecule has 1 amide bonds. The monoisotopic (exact) mass is 302 g/mol. The second-order valence-electron chi connectivity index (χ2n) is 4.57. The lowest BCUT2D eigenvalue weighted by atomic mass is 10.0. The maximum Gasteiger partial charge on any atom is 0.325 e. The first-order valence-corrected chi connectivity index (χ1v) is 6.27. The Morgan fingerprint density at radius 2 is 2.00 bits per heavy atom. The van der Waals surface area contributed by atoms with E-state index in [4.69, 9.17) is 16.7 Å². The molecule has 1 aromatic rings. The molecule has 5 nitrogen and oxygen atoms in total. The van der Waals surface area contributed by atoms with Crippen molar-refractivity contribution in [2.45, 2.75) is 19.0 Å². The molecule has 0 saturated heterocycles. The van der Waals surface area contributed by atoms with Crippen LogP contribution in [0.15, 0.2) is 18.2 Å². The number of nitrogens with zero attached hydrogens (tertiary/aromatic N) is 1. The maximum absolute atomic E-state index is 13.9. The normalized spacial score (nSPS) is 13.9. The number of carbonyl (C=O) groups is 2. The molecule has 2 unspecified atom stereocenters. The van der Waals surface area contributed by atoms with E-state index in [2.05, 4.69) is 5.32 Å². The van der Waals surface area contributed by atoms with Gasteiger partial charge in [0.2, 0.25) is 5.91 Å². The molecule has 20 heavy (non-hydrogen) atoms. The maximum atomic E-state index is 13.9. The van der Waals surface area contributed by atoms with Gasteiger partial charge in [-0.25, -0.2) is 4.39 Å². The van der Waals surface area contributed by atoms with E-state index < -0.39 is 29.8 Å². The van der Waals surface area contributed by atoms with Crippen LogP contribution in [0.1, 0.15) is 18.5 Å². The Kier molecular flexibility index (Phi) is 5.47. The highest BCUT2D eigenvalue weighted by Crippen LogP contribution is 2.29. The minimum absolute atomic E-state index is 0.0225. The highest BCUT2D eigenvalue weighted by molar-refractivity contribution is 6.31. The molecular weight excluding hydrogens is 287 g/mol. The molecule has 0 radical (unpaired) electrons. The molecule has 1 aromatic carbocycles. The fraction of sp³-hybridized carbons (Fsp3) is 0.385. The van der Waals surface area contributed by atoms with Gasteiger partial charge >= 0.3 is 5.97 Å². The SMILES string of the molecule is CC(NC(=O)C(c1c(F)cccc1Cl)N(C)C)C(=O)O. The summed E-state index contributed by atoms with van der Waals surface area (Å²) in [7, 11) is 3.16. The van der Waals surface area contributed by atoms with Crippen LogP contribution in [-0.4, -0.2) is 42.0 Å². The van der Waals surface area contributed by atoms with E-state index in [1.54, 1.807) is 14.1 Å². The minimum atomic E-state index is -1.17. The van der Waals surface area contributed by atoms with Crippen LogP contribution < -0.4 is 5.32 Å². The van der Waals surface area contributed by atoms with Crippen LogP contribution in [-0.2, 0) is 9.59 Å². The number of amides is 1. The highest BCUT2D eigenvalue weighted by atomic mass is 35.5. The summed E-state index contributed by atoms with van der Waals surface area (Å²) in [5.41, 5.74) is 0.0225. The van der Waals surface area contributed by atoms with Crippen LogP contribution in [0.2, 0.25) is 5.02 Å². The molecule has 0 heterocycles. The van der Waals surface area contributed by atoms with Crippen LogP contribution in [0.25, 0.3) is 0 Å². The Bertz CT molecular complexity index is 502. The lowest BCUT2D eigenvalue weighted by Gasteiger charge is -2.26. The van der Waals surface area contributed by atoms with Gasteiger partial charge in [0.1, 0.15) is 17.9 Å². The second kappa shape index (κ2) is 6.67. The van der Waals surface area contributed by atoms with Crippen molar-refractivity contribution in [2.75, 3.05) is 14.1 Å². The molecular formula is C13H16ClFN2O3. The lowest BCUT2D eigenvalue weighted by Crippen LogP contribution is -2.44. The quantitative estimate of drug-likeness (QED) is 0.868. The Hall–Kier alpha value is -1.66. The molecule has 2 atom stereocenters. The van der Waals surface area contributed by atoms with Gasteiger partial charge in [0, 0.05) is 10.6 Å². The highest BCUT2D eigenvalue weighted by Gasteiger charge is 2.29. The van der Waals surface area contributed by atoms with Gasteiger partial charge in [-0.3, -0.25) is 14.5 Å². The zero-order valence-corrected chi connectivity index (χ0v) is 12.1. The third kappa shape index (κ3) is 3.68. The Morgan fingerprint density at radius 3 is 2.45 bits per heavy atom. The number of likely N-dealkylation sites (N-methyl/N-ethyl adjacent to an activating group) is 1. The Labute approximate surface area is 121 Å². The van der Waals surface area contributed by atoms with Crippen molar-refractivity contribution < 1.29 is 19.1 Å². The third-order valence-electron chi connectivity index (χ3n) is 2.77. The molecule has 0 aliphatic heterocycles. The Balaban J connectivity index is 3.12. The van der Waals surface area contributed by atoms with E-state index in [-0.39, 0.29) is 10.6 Å². The molecule has 0 aromatic heterocycles. The summed E-state index contributed by atoms with van der Waals surface area (Å²) < 4.78 is 13.9. The van der Waals surface area contributed by atoms with Gasteiger partial charge in [0.05, 0.1) is 0 Å². The van der Waals surface area contributed by atoms with Crippen molar-refractivity contribution in [2.24, 2.45) is 0 Å². The first kappa shape index (κ1) is 16.4. The van der Waals surface area contributed by atoms with Crippen molar-refractivity contribution in [3.8, 4) is 0 Å². The van der Waals surface area contributed by atoms with E-state index in [1.165, 1.54) is 30.0 Å². The number of carbonyl (C=O) groups excluding carboxylic acids is 1. The number of carboxylic acids is 1. The average molecular weight is 303 g/mol. The molecule has 0 aliphatic carbocycles. The van der Waals surface area contributed by atoms with Crippen molar-refractivity contribution in [3.05, 3.63) is 34.6 Å². The van der Waals surface area contributed by atoms with Crippen LogP contribution in [0.4, 0.5) is 4.39 Å². The van der Waals surface area contributed by atoms with Gasteiger partial charge in [-0.05, 0) is 33.2 Å². The van der Waals surface area contributed by atoms with Gasteiger partial charge in [-0.1, -0.05) is 17.7 Å². The number of aliphatic carboxylic acids is 1. The van der Waals surface area contributed by atoms with Gasteiger partial charge in [0.15, 0.2) is 0 Å². The molecule has 0 saturated carbocycles. The van der Waals surface area contributed by atoms with Crippen LogP contribution in [0, 0.1) is 5.82 Å². The smallest absolute Gasteiger partial charge is 0.325 e. The van der Waals surface area contributed by atoms with Gasteiger partial charge in [-0.2, -0.15) is 0 Å². The van der Waals surface area contributed by atoms with E-state index in [9.17, 15) is 14.0 Å². The predicted molar refractivity (Wildman–Crippen MR) is 73.1 cm³/mol. The predicted octanol–water partition coefficient (Wildman–Crippen LogP) is 1.67. The zero-order chi connectivity index (χ0) is 15.4. The fourth-order valence-corrected chi connectivity index (χ4v) is 2.02. The first-order chi connectivity index (χ1) is 9.25. The molecule has 110 valence electrons. The molecule has 0 bridgehead atoms. The molecule has 2 N–H and O–H groups in total. The van der Waals surface area contributed by atoms with Crippen LogP contribution >= 0.6 is 11.6 Å². The third-order valence-corrected chi connectivity index (χ3v) is 3.10. The standard InChI is InChI=1S/C13H16ClFN2O3/c1-7(13(19)20)16-12(18)11(17(2)3)10-8(14)5-4-6-9(10)15/h4-7,11H,1-3H3,(H,16,18)(H,19,20). The first-order valence-electron chi connectivity index (χ1n) is 5.89.